The third-order valence-corrected chi connectivity index (χ3v) is 4.38. The van der Waals surface area contributed by atoms with Crippen LogP contribution in [0.5, 0.6) is 0 Å². The van der Waals surface area contributed by atoms with Crippen molar-refractivity contribution in [1.29, 1.82) is 0 Å². The lowest BCUT2D eigenvalue weighted by molar-refractivity contribution is 0.0769. The average Bonchev–Trinajstić information content (AvgIpc) is 3.06. The Labute approximate surface area is 152 Å². The van der Waals surface area contributed by atoms with Crippen molar-refractivity contribution in [2.24, 2.45) is 0 Å². The number of ether oxygens (including phenoxy) is 1. The van der Waals surface area contributed by atoms with Gasteiger partial charge in [0.15, 0.2) is 5.82 Å². The molecule has 1 amide bonds. The van der Waals surface area contributed by atoms with Crippen molar-refractivity contribution in [3.8, 4) is 11.5 Å². The number of hydrogen-bond acceptors (Lipinski definition) is 6. The maximum atomic E-state index is 13.9. The average molecular weight is 413 g/mol. The fourth-order valence-corrected chi connectivity index (χ4v) is 2.95. The van der Waals surface area contributed by atoms with E-state index in [4.69, 9.17) is 9.26 Å². The molecular formula is C16H18BrFN4O3. The fourth-order valence-electron chi connectivity index (χ4n) is 2.59. The molecule has 0 radical (unpaired) electrons. The smallest absolute Gasteiger partial charge is 0.409 e. The number of carbonyl (C=O) groups excluding carboxylic acids is 1. The van der Waals surface area contributed by atoms with Crippen molar-refractivity contribution in [2.75, 3.05) is 32.8 Å². The van der Waals surface area contributed by atoms with Crippen LogP contribution in [-0.2, 0) is 11.3 Å². The molecule has 0 N–H and O–H groups in total. The summed E-state index contributed by atoms with van der Waals surface area (Å²) in [6.45, 7) is 5.19. The summed E-state index contributed by atoms with van der Waals surface area (Å²) in [5.74, 6) is 0.222. The molecule has 9 heteroatoms. The highest BCUT2D eigenvalue weighted by atomic mass is 79.9. The molecule has 134 valence electrons. The van der Waals surface area contributed by atoms with Gasteiger partial charge < -0.3 is 14.2 Å². The van der Waals surface area contributed by atoms with Crippen molar-refractivity contribution in [2.45, 2.75) is 13.5 Å². The van der Waals surface area contributed by atoms with Crippen LogP contribution in [0.2, 0.25) is 0 Å². The van der Waals surface area contributed by atoms with Crippen LogP contribution < -0.4 is 0 Å². The van der Waals surface area contributed by atoms with E-state index in [1.807, 2.05) is 0 Å². The number of rotatable bonds is 4. The van der Waals surface area contributed by atoms with Gasteiger partial charge in [0.25, 0.3) is 5.89 Å². The molecule has 2 heterocycles. The first-order chi connectivity index (χ1) is 12.1. The monoisotopic (exact) mass is 412 g/mol. The van der Waals surface area contributed by atoms with Crippen LogP contribution in [0.15, 0.2) is 27.2 Å². The van der Waals surface area contributed by atoms with Gasteiger partial charge in [-0.1, -0.05) is 21.1 Å². The Morgan fingerprint density at radius 3 is 2.84 bits per heavy atom. The standard InChI is InChI=1S/C16H18BrFN4O3/c1-2-24-16(23)22-7-5-21(6-8-22)10-14-19-15(25-20-14)12-9-11(17)3-4-13(12)18/h3-4,9H,2,5-8,10H2,1H3. The zero-order chi connectivity index (χ0) is 17.8. The van der Waals surface area contributed by atoms with E-state index in [0.717, 1.165) is 4.47 Å². The Balaban J connectivity index is 1.59. The number of benzene rings is 1. The molecule has 0 bridgehead atoms. The summed E-state index contributed by atoms with van der Waals surface area (Å²) in [5.41, 5.74) is 0.264. The van der Waals surface area contributed by atoms with Gasteiger partial charge in [0.05, 0.1) is 18.7 Å². The quantitative estimate of drug-likeness (QED) is 0.768. The molecule has 2 aromatic rings. The number of hydrogen-bond donors (Lipinski definition) is 0. The third kappa shape index (κ3) is 4.35. The lowest BCUT2D eigenvalue weighted by Gasteiger charge is -2.33. The Hall–Kier alpha value is -2.00. The largest absolute Gasteiger partial charge is 0.450 e. The molecule has 3 rings (SSSR count). The topological polar surface area (TPSA) is 71.7 Å². The van der Waals surface area contributed by atoms with Gasteiger partial charge in [0.1, 0.15) is 5.82 Å². The van der Waals surface area contributed by atoms with Crippen molar-refractivity contribution in [3.05, 3.63) is 34.3 Å². The van der Waals surface area contributed by atoms with Gasteiger partial charge in [0, 0.05) is 30.7 Å². The molecule has 0 saturated carbocycles. The zero-order valence-electron chi connectivity index (χ0n) is 13.7. The molecule has 1 fully saturated rings. The van der Waals surface area contributed by atoms with Gasteiger partial charge in [-0.05, 0) is 25.1 Å². The van der Waals surface area contributed by atoms with Gasteiger partial charge in [-0.2, -0.15) is 4.98 Å². The van der Waals surface area contributed by atoms with E-state index in [9.17, 15) is 9.18 Å². The normalized spacial score (nSPS) is 15.4. The molecule has 1 saturated heterocycles. The van der Waals surface area contributed by atoms with Crippen LogP contribution in [-0.4, -0.2) is 58.8 Å². The predicted octanol–water partition coefficient (Wildman–Crippen LogP) is 2.91. The summed E-state index contributed by atoms with van der Waals surface area (Å²) in [4.78, 5) is 19.8. The Morgan fingerprint density at radius 1 is 1.36 bits per heavy atom. The van der Waals surface area contributed by atoms with E-state index in [0.29, 0.717) is 45.2 Å². The first-order valence-electron chi connectivity index (χ1n) is 7.99. The number of aromatic nitrogens is 2. The first kappa shape index (κ1) is 17.8. The van der Waals surface area contributed by atoms with Gasteiger partial charge in [-0.3, -0.25) is 4.90 Å². The van der Waals surface area contributed by atoms with E-state index >= 15 is 0 Å². The molecule has 7 nitrogen and oxygen atoms in total. The number of halogens is 2. The molecule has 1 aliphatic rings. The van der Waals surface area contributed by atoms with Crippen molar-refractivity contribution in [1.82, 2.24) is 19.9 Å². The highest BCUT2D eigenvalue weighted by Gasteiger charge is 2.23. The van der Waals surface area contributed by atoms with E-state index in [1.165, 1.54) is 6.07 Å². The SMILES string of the molecule is CCOC(=O)N1CCN(Cc2noc(-c3cc(Br)ccc3F)n2)CC1. The van der Waals surface area contributed by atoms with Crippen LogP contribution in [0.4, 0.5) is 9.18 Å². The summed E-state index contributed by atoms with van der Waals surface area (Å²) in [5, 5.41) is 3.93. The maximum Gasteiger partial charge on any atom is 0.409 e. The van der Waals surface area contributed by atoms with Crippen molar-refractivity contribution in [3.63, 3.8) is 0 Å². The lowest BCUT2D eigenvalue weighted by atomic mass is 10.2. The zero-order valence-corrected chi connectivity index (χ0v) is 15.3. The summed E-state index contributed by atoms with van der Waals surface area (Å²) >= 11 is 3.30. The Morgan fingerprint density at radius 2 is 2.12 bits per heavy atom. The van der Waals surface area contributed by atoms with Gasteiger partial charge in [0.2, 0.25) is 0 Å². The molecule has 1 aromatic carbocycles. The molecule has 25 heavy (non-hydrogen) atoms. The second kappa shape index (κ2) is 7.92. The summed E-state index contributed by atoms with van der Waals surface area (Å²) in [6, 6.07) is 4.56. The number of carbonyl (C=O) groups is 1. The maximum absolute atomic E-state index is 13.9. The molecular weight excluding hydrogens is 395 g/mol. The Bertz CT molecular complexity index is 747. The van der Waals surface area contributed by atoms with Crippen LogP contribution in [0.1, 0.15) is 12.7 Å². The van der Waals surface area contributed by atoms with Gasteiger partial charge in [-0.15, -0.1) is 0 Å². The van der Waals surface area contributed by atoms with Crippen LogP contribution in [0.3, 0.4) is 0 Å². The number of nitrogens with zero attached hydrogens (tertiary/aromatic N) is 4. The minimum Gasteiger partial charge on any atom is -0.450 e. The highest BCUT2D eigenvalue weighted by Crippen LogP contribution is 2.25. The summed E-state index contributed by atoms with van der Waals surface area (Å²) in [7, 11) is 0. The predicted molar refractivity (Wildman–Crippen MR) is 91.3 cm³/mol. The minimum absolute atomic E-state index is 0.152. The second-order valence-electron chi connectivity index (χ2n) is 5.60. The molecule has 0 unspecified atom stereocenters. The Kier molecular flexibility index (Phi) is 5.64. The first-order valence-corrected chi connectivity index (χ1v) is 8.78. The molecule has 1 aliphatic heterocycles. The highest BCUT2D eigenvalue weighted by molar-refractivity contribution is 9.10. The summed E-state index contributed by atoms with van der Waals surface area (Å²) in [6.07, 6.45) is -0.283. The summed E-state index contributed by atoms with van der Waals surface area (Å²) < 4.78 is 24.8. The van der Waals surface area contributed by atoms with Gasteiger partial charge >= 0.3 is 6.09 Å². The van der Waals surface area contributed by atoms with Crippen molar-refractivity contribution >= 4 is 22.0 Å². The van der Waals surface area contributed by atoms with E-state index in [1.54, 1.807) is 24.0 Å². The molecule has 0 atom stereocenters. The molecule has 1 aromatic heterocycles. The minimum atomic E-state index is -0.415. The van der Waals surface area contributed by atoms with E-state index in [-0.39, 0.29) is 17.5 Å². The molecule has 0 aliphatic carbocycles. The number of piperazine rings is 1. The van der Waals surface area contributed by atoms with E-state index < -0.39 is 5.82 Å². The molecule has 0 spiro atoms. The van der Waals surface area contributed by atoms with Gasteiger partial charge in [-0.25, -0.2) is 9.18 Å². The second-order valence-corrected chi connectivity index (χ2v) is 6.52. The van der Waals surface area contributed by atoms with Crippen LogP contribution in [0.25, 0.3) is 11.5 Å². The van der Waals surface area contributed by atoms with Crippen LogP contribution >= 0.6 is 15.9 Å². The lowest BCUT2D eigenvalue weighted by Crippen LogP contribution is -2.48. The fraction of sp³-hybridized carbons (Fsp3) is 0.438. The van der Waals surface area contributed by atoms with E-state index in [2.05, 4.69) is 31.0 Å². The number of amides is 1. The van der Waals surface area contributed by atoms with Crippen LogP contribution in [0, 0.1) is 5.82 Å². The third-order valence-electron chi connectivity index (χ3n) is 3.89. The van der Waals surface area contributed by atoms with Crippen molar-refractivity contribution < 1.29 is 18.4 Å².